The summed E-state index contributed by atoms with van der Waals surface area (Å²) in [4.78, 5) is 2.23. The smallest absolute Gasteiger partial charge is 0.123 e. The Morgan fingerprint density at radius 2 is 1.27 bits per heavy atom. The molecule has 1 fully saturated rings. The van der Waals surface area contributed by atoms with Crippen molar-refractivity contribution in [2.45, 2.75) is 6.04 Å². The molecule has 3 aromatic rings. The third-order valence-electron chi connectivity index (χ3n) is 5.87. The van der Waals surface area contributed by atoms with Gasteiger partial charge in [-0.25, -0.2) is 8.78 Å². The summed E-state index contributed by atoms with van der Waals surface area (Å²) < 4.78 is 26.7. The zero-order valence-electron chi connectivity index (χ0n) is 18.1. The number of nitrogens with zero attached hydrogens (tertiary/aromatic N) is 2. The van der Waals surface area contributed by atoms with Crippen molar-refractivity contribution >= 4 is 30.9 Å². The fourth-order valence-electron chi connectivity index (χ4n) is 4.14. The second-order valence-electron chi connectivity index (χ2n) is 8.04. The lowest BCUT2D eigenvalue weighted by molar-refractivity contribution is -0.879. The molecule has 0 bridgehead atoms. The van der Waals surface area contributed by atoms with E-state index in [1.807, 2.05) is 42.5 Å². The van der Waals surface area contributed by atoms with Crippen molar-refractivity contribution < 1.29 is 13.4 Å². The highest BCUT2D eigenvalue weighted by Crippen LogP contribution is 2.31. The number of hydrogen-bond acceptors (Lipinski definition) is 2. The summed E-state index contributed by atoms with van der Waals surface area (Å²) in [6.07, 6.45) is 3.94. The van der Waals surface area contributed by atoms with Gasteiger partial charge in [0.05, 0.1) is 25.7 Å². The van der Waals surface area contributed by atoms with E-state index in [1.165, 1.54) is 24.3 Å². The van der Waals surface area contributed by atoms with Gasteiger partial charge in [0.2, 0.25) is 0 Å². The van der Waals surface area contributed by atoms with Crippen molar-refractivity contribution in [3.8, 4) is 0 Å². The molecule has 7 heteroatoms. The first kappa shape index (κ1) is 27.0. The number of rotatable bonds is 6. The van der Waals surface area contributed by atoms with Crippen LogP contribution in [0.1, 0.15) is 22.7 Å². The number of quaternary nitrogens is 1. The lowest BCUT2D eigenvalue weighted by Crippen LogP contribution is -2.56. The molecule has 3 nitrogen and oxygen atoms in total. The minimum absolute atomic E-state index is 0. The lowest BCUT2D eigenvalue weighted by atomic mass is 9.96. The van der Waals surface area contributed by atoms with Crippen LogP contribution < -0.4 is 0 Å². The monoisotopic (exact) mass is 492 g/mol. The fraction of sp³-hybridized carbons (Fsp3) is 0.231. The number of hydroxylamine groups is 3. The van der Waals surface area contributed by atoms with Gasteiger partial charge >= 0.3 is 0 Å². The summed E-state index contributed by atoms with van der Waals surface area (Å²) in [5.74, 6) is -0.582. The maximum Gasteiger partial charge on any atom is 0.123 e. The molecule has 33 heavy (non-hydrogen) atoms. The highest BCUT2D eigenvalue weighted by Gasteiger charge is 2.30. The van der Waals surface area contributed by atoms with E-state index in [1.54, 1.807) is 24.3 Å². The normalized spacial score (nSPS) is 15.8. The molecule has 3 aromatic carbocycles. The molecule has 0 aromatic heterocycles. The summed E-state index contributed by atoms with van der Waals surface area (Å²) in [6, 6.07) is 22.6. The Morgan fingerprint density at radius 1 is 0.788 bits per heavy atom. The summed E-state index contributed by atoms with van der Waals surface area (Å²) in [5.41, 5.74) is 2.95. The molecule has 0 unspecified atom stereocenters. The third-order valence-corrected chi connectivity index (χ3v) is 5.87. The molecule has 4 rings (SSSR count). The molecule has 0 spiro atoms. The predicted octanol–water partition coefficient (Wildman–Crippen LogP) is 6.24. The summed E-state index contributed by atoms with van der Waals surface area (Å²) in [5, 5.41) is 13.2. The molecular formula is C26H28Cl2F2N2O. The SMILES string of the molecule is Cl.Cl.[O-][N+]1(C/C=C/c2ccccc2)CCN(C(c2ccc(F)cc2)c2ccc(F)cc2)CC1. The Labute approximate surface area is 206 Å². The second-order valence-corrected chi connectivity index (χ2v) is 8.04. The minimum atomic E-state index is -0.291. The molecule has 1 heterocycles. The van der Waals surface area contributed by atoms with Gasteiger partial charge in [0.1, 0.15) is 11.6 Å². The molecule has 0 aliphatic carbocycles. The van der Waals surface area contributed by atoms with E-state index in [4.69, 9.17) is 0 Å². The zero-order valence-corrected chi connectivity index (χ0v) is 19.8. The molecular weight excluding hydrogens is 465 g/mol. The van der Waals surface area contributed by atoms with E-state index in [0.29, 0.717) is 32.7 Å². The van der Waals surface area contributed by atoms with Gasteiger partial charge in [-0.15, -0.1) is 24.8 Å². The van der Waals surface area contributed by atoms with Crippen LogP contribution in [0.3, 0.4) is 0 Å². The molecule has 0 N–H and O–H groups in total. The van der Waals surface area contributed by atoms with E-state index in [2.05, 4.69) is 4.90 Å². The second kappa shape index (κ2) is 12.3. The van der Waals surface area contributed by atoms with Gasteiger partial charge in [-0.2, -0.15) is 0 Å². The van der Waals surface area contributed by atoms with Crippen molar-refractivity contribution in [1.29, 1.82) is 0 Å². The molecule has 1 aliphatic heterocycles. The van der Waals surface area contributed by atoms with Crippen molar-refractivity contribution in [3.63, 3.8) is 0 Å². The molecule has 1 saturated heterocycles. The summed E-state index contributed by atoms with van der Waals surface area (Å²) in [6.45, 7) is 2.60. The van der Waals surface area contributed by atoms with E-state index >= 15 is 0 Å². The van der Waals surface area contributed by atoms with Gasteiger partial charge < -0.3 is 9.85 Å². The summed E-state index contributed by atoms with van der Waals surface area (Å²) in [7, 11) is 0. The molecule has 0 saturated carbocycles. The predicted molar refractivity (Wildman–Crippen MR) is 134 cm³/mol. The van der Waals surface area contributed by atoms with Crippen LogP contribution in [0.15, 0.2) is 84.9 Å². The van der Waals surface area contributed by atoms with E-state index in [9.17, 15) is 14.0 Å². The van der Waals surface area contributed by atoms with E-state index in [-0.39, 0.29) is 47.1 Å². The van der Waals surface area contributed by atoms with Crippen LogP contribution in [-0.2, 0) is 0 Å². The van der Waals surface area contributed by atoms with Crippen LogP contribution >= 0.6 is 24.8 Å². The highest BCUT2D eigenvalue weighted by atomic mass is 35.5. The fourth-order valence-corrected chi connectivity index (χ4v) is 4.14. The molecule has 0 atom stereocenters. The topological polar surface area (TPSA) is 26.3 Å². The Morgan fingerprint density at radius 3 is 1.76 bits per heavy atom. The van der Waals surface area contributed by atoms with Gasteiger partial charge in [0.25, 0.3) is 0 Å². The average molecular weight is 493 g/mol. The molecule has 1 aliphatic rings. The molecule has 0 amide bonds. The number of piperazine rings is 1. The first-order valence-electron chi connectivity index (χ1n) is 10.6. The average Bonchev–Trinajstić information content (AvgIpc) is 2.79. The Bertz CT molecular complexity index is 961. The quantitative estimate of drug-likeness (QED) is 0.300. The third kappa shape index (κ3) is 7.10. The van der Waals surface area contributed by atoms with E-state index in [0.717, 1.165) is 16.7 Å². The van der Waals surface area contributed by atoms with E-state index < -0.39 is 0 Å². The number of benzene rings is 3. The summed E-state index contributed by atoms with van der Waals surface area (Å²) >= 11 is 0. The van der Waals surface area contributed by atoms with Gasteiger partial charge in [0.15, 0.2) is 0 Å². The minimum Gasteiger partial charge on any atom is -0.632 e. The van der Waals surface area contributed by atoms with Crippen LogP contribution in [0, 0.1) is 16.8 Å². The van der Waals surface area contributed by atoms with Crippen LogP contribution in [0.5, 0.6) is 0 Å². The van der Waals surface area contributed by atoms with Crippen LogP contribution in [0.2, 0.25) is 0 Å². The van der Waals surface area contributed by atoms with Gasteiger partial charge in [-0.1, -0.05) is 60.7 Å². The molecule has 176 valence electrons. The first-order chi connectivity index (χ1) is 15.0. The lowest BCUT2D eigenvalue weighted by Gasteiger charge is -2.49. The van der Waals surface area contributed by atoms with Crippen molar-refractivity contribution in [1.82, 2.24) is 4.90 Å². The Kier molecular flexibility index (Phi) is 10.0. The Balaban J connectivity index is 0.00000193. The van der Waals surface area contributed by atoms with Crippen LogP contribution in [-0.4, -0.2) is 42.3 Å². The first-order valence-corrected chi connectivity index (χ1v) is 10.6. The van der Waals surface area contributed by atoms with Gasteiger partial charge in [0, 0.05) is 13.1 Å². The number of hydrogen-bond donors (Lipinski definition) is 0. The Hall–Kier alpha value is -2.28. The standard InChI is InChI=1S/C26H26F2N2O.2ClH/c27-24-12-8-22(9-13-24)26(23-10-14-25(28)15-11-23)29-16-19-30(31,20-17-29)18-4-7-21-5-2-1-3-6-21;;/h1-15,26H,16-20H2;2*1H/b7-4+;;. The van der Waals surface area contributed by atoms with Crippen LogP contribution in [0.25, 0.3) is 6.08 Å². The largest absolute Gasteiger partial charge is 0.632 e. The van der Waals surface area contributed by atoms with Gasteiger partial charge in [-0.3, -0.25) is 4.90 Å². The number of halogens is 4. The van der Waals surface area contributed by atoms with Crippen molar-refractivity contribution in [2.75, 3.05) is 32.7 Å². The maximum absolute atomic E-state index is 13.5. The maximum atomic E-state index is 13.5. The highest BCUT2D eigenvalue weighted by molar-refractivity contribution is 5.85. The molecule has 0 radical (unpaired) electrons. The van der Waals surface area contributed by atoms with Crippen molar-refractivity contribution in [2.24, 2.45) is 0 Å². The van der Waals surface area contributed by atoms with Crippen molar-refractivity contribution in [3.05, 3.63) is 118 Å². The van der Waals surface area contributed by atoms with Gasteiger partial charge in [-0.05, 0) is 47.0 Å². The zero-order chi connectivity index (χ0) is 21.7. The van der Waals surface area contributed by atoms with Crippen LogP contribution in [0.4, 0.5) is 8.78 Å².